The van der Waals surface area contributed by atoms with Gasteiger partial charge >= 0.3 is 0 Å². The number of hydrogen-bond acceptors (Lipinski definition) is 6. The first-order valence-electron chi connectivity index (χ1n) is 8.78. The van der Waals surface area contributed by atoms with Gasteiger partial charge in [-0.3, -0.25) is 0 Å². The number of aryl methyl sites for hydroxylation is 2. The van der Waals surface area contributed by atoms with Gasteiger partial charge in [0.15, 0.2) is 9.84 Å². The summed E-state index contributed by atoms with van der Waals surface area (Å²) in [6.07, 6.45) is 0.369. The minimum absolute atomic E-state index is 0.00236. The molecule has 0 saturated carbocycles. The van der Waals surface area contributed by atoms with Crippen molar-refractivity contribution in [2.75, 3.05) is 32.6 Å². The van der Waals surface area contributed by atoms with E-state index in [2.05, 4.69) is 5.32 Å². The van der Waals surface area contributed by atoms with Crippen LogP contribution in [0, 0.1) is 13.8 Å². The first-order chi connectivity index (χ1) is 12.8. The number of nitrogens with one attached hydrogen (secondary N) is 1. The smallest absolute Gasteiger partial charge is 0.179 e. The highest BCUT2D eigenvalue weighted by atomic mass is 32.2. The molecule has 0 aliphatic heterocycles. The van der Waals surface area contributed by atoms with E-state index in [9.17, 15) is 13.5 Å². The molecule has 1 unspecified atom stereocenters. The molecule has 0 radical (unpaired) electrons. The Balaban J connectivity index is 1.75. The van der Waals surface area contributed by atoms with Crippen molar-refractivity contribution in [3.8, 4) is 11.5 Å². The third-order valence-electron chi connectivity index (χ3n) is 3.94. The molecule has 0 heterocycles. The quantitative estimate of drug-likeness (QED) is 0.602. The molecule has 2 rings (SSSR count). The Bertz CT molecular complexity index is 851. The van der Waals surface area contributed by atoms with Crippen LogP contribution >= 0.6 is 0 Å². The van der Waals surface area contributed by atoms with Gasteiger partial charge in [0.2, 0.25) is 0 Å². The molecule has 0 fully saturated rings. The molecule has 148 valence electrons. The van der Waals surface area contributed by atoms with Crippen molar-refractivity contribution in [1.82, 2.24) is 5.32 Å². The van der Waals surface area contributed by atoms with Gasteiger partial charge in [-0.25, -0.2) is 8.42 Å². The summed E-state index contributed by atoms with van der Waals surface area (Å²) in [7, 11) is -3.39. The number of para-hydroxylation sites is 1. The van der Waals surface area contributed by atoms with Gasteiger partial charge in [-0.15, -0.1) is 0 Å². The predicted molar refractivity (Wildman–Crippen MR) is 105 cm³/mol. The maximum absolute atomic E-state index is 11.8. The number of hydrogen-bond donors (Lipinski definition) is 2. The van der Waals surface area contributed by atoms with Crippen molar-refractivity contribution in [3.63, 3.8) is 0 Å². The van der Waals surface area contributed by atoms with Crippen molar-refractivity contribution < 1.29 is 23.0 Å². The largest absolute Gasteiger partial charge is 0.492 e. The summed E-state index contributed by atoms with van der Waals surface area (Å²) in [5.74, 6) is 1.11. The fourth-order valence-corrected chi connectivity index (χ4v) is 3.30. The first-order valence-corrected chi connectivity index (χ1v) is 10.7. The Morgan fingerprint density at radius 3 is 2.52 bits per heavy atom. The standard InChI is InChI=1S/C20H27NO5S/c1-15-8-9-20(27(3,23)24)19(12-15)26-14-17(22)13-21-10-11-25-18-7-5-4-6-16(18)2/h4-9,12,17,21-22H,10-11,13-14H2,1-3H3. The minimum atomic E-state index is -3.39. The first kappa shape index (κ1) is 21.2. The van der Waals surface area contributed by atoms with Crippen LogP contribution in [0.25, 0.3) is 0 Å². The molecule has 27 heavy (non-hydrogen) atoms. The SMILES string of the molecule is Cc1ccc(S(C)(=O)=O)c(OCC(O)CNCCOc2ccccc2C)c1. The number of aliphatic hydroxyl groups is 1. The lowest BCUT2D eigenvalue weighted by molar-refractivity contribution is 0.104. The fraction of sp³-hybridized carbons (Fsp3) is 0.400. The Morgan fingerprint density at radius 1 is 1.07 bits per heavy atom. The highest BCUT2D eigenvalue weighted by Crippen LogP contribution is 2.25. The third kappa shape index (κ3) is 6.86. The van der Waals surface area contributed by atoms with Crippen LogP contribution in [0.4, 0.5) is 0 Å². The second kappa shape index (κ2) is 9.73. The molecule has 2 aromatic rings. The Morgan fingerprint density at radius 2 is 1.81 bits per heavy atom. The molecule has 0 saturated heterocycles. The Labute approximate surface area is 161 Å². The number of aliphatic hydroxyl groups excluding tert-OH is 1. The van der Waals surface area contributed by atoms with Gasteiger partial charge in [0, 0.05) is 19.3 Å². The molecule has 0 aliphatic carbocycles. The van der Waals surface area contributed by atoms with Gasteiger partial charge in [0.25, 0.3) is 0 Å². The van der Waals surface area contributed by atoms with Crippen LogP contribution in [0.1, 0.15) is 11.1 Å². The second-order valence-corrected chi connectivity index (χ2v) is 8.49. The van der Waals surface area contributed by atoms with Gasteiger partial charge in [0.1, 0.15) is 35.7 Å². The van der Waals surface area contributed by atoms with Crippen LogP contribution in [-0.4, -0.2) is 52.2 Å². The maximum Gasteiger partial charge on any atom is 0.179 e. The van der Waals surface area contributed by atoms with Crippen LogP contribution < -0.4 is 14.8 Å². The van der Waals surface area contributed by atoms with E-state index in [1.165, 1.54) is 6.07 Å². The lowest BCUT2D eigenvalue weighted by Gasteiger charge is -2.16. The van der Waals surface area contributed by atoms with Gasteiger partial charge in [-0.2, -0.15) is 0 Å². The molecule has 0 bridgehead atoms. The van der Waals surface area contributed by atoms with Crippen molar-refractivity contribution >= 4 is 9.84 Å². The van der Waals surface area contributed by atoms with Gasteiger partial charge in [0.05, 0.1) is 0 Å². The van der Waals surface area contributed by atoms with Crippen LogP contribution in [-0.2, 0) is 9.84 Å². The monoisotopic (exact) mass is 393 g/mol. The summed E-state index contributed by atoms with van der Waals surface area (Å²) in [6, 6.07) is 12.7. The predicted octanol–water partition coefficient (Wildman–Crippen LogP) is 2.12. The average molecular weight is 394 g/mol. The van der Waals surface area contributed by atoms with E-state index >= 15 is 0 Å². The van der Waals surface area contributed by atoms with Gasteiger partial charge in [-0.05, 0) is 43.2 Å². The van der Waals surface area contributed by atoms with Crippen LogP contribution in [0.15, 0.2) is 47.4 Å². The summed E-state index contributed by atoms with van der Waals surface area (Å²) in [5.41, 5.74) is 1.96. The summed E-state index contributed by atoms with van der Waals surface area (Å²) >= 11 is 0. The molecule has 2 aromatic carbocycles. The molecular weight excluding hydrogens is 366 g/mol. The Kier molecular flexibility index (Phi) is 7.65. The van der Waals surface area contributed by atoms with Crippen molar-refractivity contribution in [2.24, 2.45) is 0 Å². The van der Waals surface area contributed by atoms with E-state index < -0.39 is 15.9 Å². The van der Waals surface area contributed by atoms with E-state index in [0.29, 0.717) is 19.7 Å². The lowest BCUT2D eigenvalue weighted by atomic mass is 10.2. The Hall–Kier alpha value is -2.09. The zero-order valence-corrected chi connectivity index (χ0v) is 16.8. The van der Waals surface area contributed by atoms with E-state index in [1.807, 2.05) is 38.1 Å². The number of rotatable bonds is 10. The molecule has 0 amide bonds. The lowest BCUT2D eigenvalue weighted by Crippen LogP contribution is -2.33. The van der Waals surface area contributed by atoms with Crippen molar-refractivity contribution in [1.29, 1.82) is 0 Å². The minimum Gasteiger partial charge on any atom is -0.492 e. The second-order valence-electron chi connectivity index (χ2n) is 6.51. The van der Waals surface area contributed by atoms with Crippen LogP contribution in [0.3, 0.4) is 0 Å². The summed E-state index contributed by atoms with van der Waals surface area (Å²) in [4.78, 5) is 0.125. The summed E-state index contributed by atoms with van der Waals surface area (Å²) in [6.45, 7) is 5.21. The summed E-state index contributed by atoms with van der Waals surface area (Å²) in [5, 5.41) is 13.2. The molecule has 0 spiro atoms. The zero-order valence-electron chi connectivity index (χ0n) is 15.9. The average Bonchev–Trinajstić information content (AvgIpc) is 2.60. The van der Waals surface area contributed by atoms with E-state index in [0.717, 1.165) is 23.1 Å². The normalized spacial score (nSPS) is 12.6. The fourth-order valence-electron chi connectivity index (χ4n) is 2.50. The summed E-state index contributed by atoms with van der Waals surface area (Å²) < 4.78 is 34.9. The molecule has 0 aliphatic rings. The highest BCUT2D eigenvalue weighted by Gasteiger charge is 2.16. The molecule has 1 atom stereocenters. The van der Waals surface area contributed by atoms with Crippen molar-refractivity contribution in [3.05, 3.63) is 53.6 Å². The zero-order chi connectivity index (χ0) is 19.9. The van der Waals surface area contributed by atoms with E-state index in [1.54, 1.807) is 12.1 Å². The molecule has 2 N–H and O–H groups in total. The van der Waals surface area contributed by atoms with Crippen molar-refractivity contribution in [2.45, 2.75) is 24.8 Å². The van der Waals surface area contributed by atoms with E-state index in [-0.39, 0.29) is 17.3 Å². The molecule has 7 heteroatoms. The molecule has 6 nitrogen and oxygen atoms in total. The molecular formula is C20H27NO5S. The molecule has 0 aromatic heterocycles. The van der Waals surface area contributed by atoms with Gasteiger partial charge < -0.3 is 19.9 Å². The maximum atomic E-state index is 11.8. The number of sulfone groups is 1. The van der Waals surface area contributed by atoms with Crippen LogP contribution in [0.5, 0.6) is 11.5 Å². The topological polar surface area (TPSA) is 84.9 Å². The van der Waals surface area contributed by atoms with Crippen LogP contribution in [0.2, 0.25) is 0 Å². The third-order valence-corrected chi connectivity index (χ3v) is 5.08. The number of benzene rings is 2. The highest BCUT2D eigenvalue weighted by molar-refractivity contribution is 7.90. The van der Waals surface area contributed by atoms with E-state index in [4.69, 9.17) is 9.47 Å². The number of ether oxygens (including phenoxy) is 2. The van der Waals surface area contributed by atoms with Gasteiger partial charge in [-0.1, -0.05) is 24.3 Å².